The minimum atomic E-state index is -4.43. The molecule has 0 bridgehead atoms. The lowest BCUT2D eigenvalue weighted by Crippen LogP contribution is -2.44. The quantitative estimate of drug-likeness (QED) is 0.851. The van der Waals surface area contributed by atoms with Crippen LogP contribution in [0.5, 0.6) is 0 Å². The fraction of sp³-hybridized carbons (Fsp3) is 0.375. The van der Waals surface area contributed by atoms with Gasteiger partial charge in [0.2, 0.25) is 0 Å². The van der Waals surface area contributed by atoms with Gasteiger partial charge in [0.15, 0.2) is 5.82 Å². The molecule has 23 heavy (non-hydrogen) atoms. The zero-order valence-corrected chi connectivity index (χ0v) is 12.7. The zero-order valence-electron chi connectivity index (χ0n) is 12.7. The van der Waals surface area contributed by atoms with Crippen molar-refractivity contribution < 1.29 is 13.2 Å². The Labute approximate surface area is 132 Å². The average molecular weight is 322 g/mol. The molecule has 1 aliphatic heterocycles. The fourth-order valence-electron chi connectivity index (χ4n) is 2.62. The molecule has 1 aliphatic rings. The van der Waals surface area contributed by atoms with Crippen LogP contribution in [0, 0.1) is 0 Å². The number of piperazine rings is 1. The van der Waals surface area contributed by atoms with Gasteiger partial charge in [-0.05, 0) is 19.2 Å². The summed E-state index contributed by atoms with van der Waals surface area (Å²) < 4.78 is 39.5. The molecule has 0 unspecified atom stereocenters. The first-order valence-corrected chi connectivity index (χ1v) is 7.38. The minimum absolute atomic E-state index is 0.0102. The number of likely N-dealkylation sites (N-methyl/N-ethyl adjacent to an activating group) is 1. The number of hydrogen-bond acceptors (Lipinski definition) is 4. The van der Waals surface area contributed by atoms with Gasteiger partial charge in [-0.25, -0.2) is 9.97 Å². The Bertz CT molecular complexity index is 679. The third kappa shape index (κ3) is 3.44. The van der Waals surface area contributed by atoms with Crippen LogP contribution in [0.15, 0.2) is 36.5 Å². The number of anilines is 1. The molecular formula is C16H17F3N4. The van der Waals surface area contributed by atoms with Gasteiger partial charge in [-0.3, -0.25) is 0 Å². The second kappa shape index (κ2) is 6.16. The Hall–Kier alpha value is -2.15. The molecule has 0 N–H and O–H groups in total. The maximum atomic E-state index is 13.2. The summed E-state index contributed by atoms with van der Waals surface area (Å²) >= 11 is 0. The van der Waals surface area contributed by atoms with Crippen LogP contribution in [0.3, 0.4) is 0 Å². The molecule has 0 amide bonds. The molecule has 2 aromatic rings. The molecule has 7 heteroatoms. The van der Waals surface area contributed by atoms with Crippen molar-refractivity contribution in [1.29, 1.82) is 0 Å². The van der Waals surface area contributed by atoms with Crippen molar-refractivity contribution in [1.82, 2.24) is 14.9 Å². The summed E-state index contributed by atoms with van der Waals surface area (Å²) in [6.07, 6.45) is -2.91. The highest BCUT2D eigenvalue weighted by Crippen LogP contribution is 2.35. The van der Waals surface area contributed by atoms with Crippen LogP contribution < -0.4 is 4.90 Å². The molecular weight excluding hydrogens is 305 g/mol. The molecule has 1 aromatic heterocycles. The highest BCUT2D eigenvalue weighted by atomic mass is 19.4. The van der Waals surface area contributed by atoms with Gasteiger partial charge in [-0.1, -0.05) is 18.2 Å². The van der Waals surface area contributed by atoms with Gasteiger partial charge in [0.05, 0.1) is 5.56 Å². The predicted molar refractivity (Wildman–Crippen MR) is 82.2 cm³/mol. The lowest BCUT2D eigenvalue weighted by Gasteiger charge is -2.33. The Kier molecular flexibility index (Phi) is 4.21. The van der Waals surface area contributed by atoms with Crippen LogP contribution >= 0.6 is 0 Å². The zero-order chi connectivity index (χ0) is 16.4. The highest BCUT2D eigenvalue weighted by molar-refractivity contribution is 5.62. The number of hydrogen-bond donors (Lipinski definition) is 0. The fourth-order valence-corrected chi connectivity index (χ4v) is 2.62. The molecule has 0 saturated carbocycles. The molecule has 1 fully saturated rings. The lowest BCUT2D eigenvalue weighted by atomic mass is 10.1. The summed E-state index contributed by atoms with van der Waals surface area (Å²) in [7, 11) is 2.04. The smallest absolute Gasteiger partial charge is 0.354 e. The van der Waals surface area contributed by atoms with E-state index in [0.717, 1.165) is 32.2 Å². The third-order valence-corrected chi connectivity index (χ3v) is 3.94. The number of rotatable bonds is 2. The molecule has 0 aliphatic carbocycles. The highest BCUT2D eigenvalue weighted by Gasteiger charge is 2.34. The summed E-state index contributed by atoms with van der Waals surface area (Å²) in [5.74, 6) is 0.773. The van der Waals surface area contributed by atoms with Crippen molar-refractivity contribution in [3.8, 4) is 11.4 Å². The van der Waals surface area contributed by atoms with Crippen LogP contribution in [0.1, 0.15) is 5.56 Å². The standard InChI is InChI=1S/C16H17F3N4/c1-22-8-10-23(11-9-22)14-6-7-20-15(21-14)12-4-2-3-5-13(12)16(17,18)19/h2-7H,8-11H2,1H3. The van der Waals surface area contributed by atoms with Crippen molar-refractivity contribution in [2.45, 2.75) is 6.18 Å². The Morgan fingerprint density at radius 3 is 2.39 bits per heavy atom. The maximum absolute atomic E-state index is 13.2. The van der Waals surface area contributed by atoms with Crippen LogP contribution in [0.4, 0.5) is 19.0 Å². The molecule has 122 valence electrons. The number of nitrogens with zero attached hydrogens (tertiary/aromatic N) is 4. The minimum Gasteiger partial charge on any atom is -0.354 e. The van der Waals surface area contributed by atoms with Crippen molar-refractivity contribution >= 4 is 5.82 Å². The van der Waals surface area contributed by atoms with Crippen LogP contribution in [-0.4, -0.2) is 48.1 Å². The average Bonchev–Trinajstić information content (AvgIpc) is 2.55. The summed E-state index contributed by atoms with van der Waals surface area (Å²) in [6, 6.07) is 7.14. The first kappa shape index (κ1) is 15.7. The van der Waals surface area contributed by atoms with E-state index in [-0.39, 0.29) is 11.4 Å². The number of halogens is 3. The van der Waals surface area contributed by atoms with Gasteiger partial charge in [0.1, 0.15) is 5.82 Å². The van der Waals surface area contributed by atoms with E-state index < -0.39 is 11.7 Å². The van der Waals surface area contributed by atoms with Crippen LogP contribution in [0.2, 0.25) is 0 Å². The van der Waals surface area contributed by atoms with Gasteiger partial charge in [0, 0.05) is 37.9 Å². The van der Waals surface area contributed by atoms with Gasteiger partial charge >= 0.3 is 6.18 Å². The topological polar surface area (TPSA) is 32.3 Å². The molecule has 2 heterocycles. The molecule has 0 atom stereocenters. The second-order valence-electron chi connectivity index (χ2n) is 5.57. The van der Waals surface area contributed by atoms with E-state index in [4.69, 9.17) is 0 Å². The number of benzene rings is 1. The Balaban J connectivity index is 1.95. The summed E-state index contributed by atoms with van der Waals surface area (Å²) in [5.41, 5.74) is -0.702. The van der Waals surface area contributed by atoms with Crippen LogP contribution in [-0.2, 0) is 6.18 Å². The van der Waals surface area contributed by atoms with E-state index in [1.165, 1.54) is 18.3 Å². The monoisotopic (exact) mass is 322 g/mol. The molecule has 0 spiro atoms. The number of alkyl halides is 3. The Morgan fingerprint density at radius 1 is 1.00 bits per heavy atom. The lowest BCUT2D eigenvalue weighted by molar-refractivity contribution is -0.137. The summed E-state index contributed by atoms with van der Waals surface area (Å²) in [6.45, 7) is 3.40. The van der Waals surface area contributed by atoms with Gasteiger partial charge < -0.3 is 9.80 Å². The molecule has 4 nitrogen and oxygen atoms in total. The van der Waals surface area contributed by atoms with E-state index in [1.807, 2.05) is 7.05 Å². The third-order valence-electron chi connectivity index (χ3n) is 3.94. The van der Waals surface area contributed by atoms with Crippen molar-refractivity contribution in [3.05, 3.63) is 42.1 Å². The van der Waals surface area contributed by atoms with E-state index >= 15 is 0 Å². The van der Waals surface area contributed by atoms with Crippen molar-refractivity contribution in [2.24, 2.45) is 0 Å². The van der Waals surface area contributed by atoms with E-state index in [9.17, 15) is 13.2 Å². The van der Waals surface area contributed by atoms with E-state index in [0.29, 0.717) is 5.82 Å². The van der Waals surface area contributed by atoms with Crippen LogP contribution in [0.25, 0.3) is 11.4 Å². The SMILES string of the molecule is CN1CCN(c2ccnc(-c3ccccc3C(F)(F)F)n2)CC1. The van der Waals surface area contributed by atoms with Crippen molar-refractivity contribution in [3.63, 3.8) is 0 Å². The normalized spacial score (nSPS) is 16.6. The molecule has 1 aromatic carbocycles. The first-order chi connectivity index (χ1) is 10.9. The van der Waals surface area contributed by atoms with E-state index in [1.54, 1.807) is 12.1 Å². The number of aromatic nitrogens is 2. The van der Waals surface area contributed by atoms with Gasteiger partial charge in [0.25, 0.3) is 0 Å². The first-order valence-electron chi connectivity index (χ1n) is 7.38. The molecule has 1 saturated heterocycles. The maximum Gasteiger partial charge on any atom is 0.417 e. The predicted octanol–water partition coefficient (Wildman–Crippen LogP) is 2.91. The Morgan fingerprint density at radius 2 is 1.70 bits per heavy atom. The molecule has 0 radical (unpaired) electrons. The summed E-state index contributed by atoms with van der Waals surface area (Å²) in [4.78, 5) is 12.7. The van der Waals surface area contributed by atoms with Crippen molar-refractivity contribution in [2.75, 3.05) is 38.1 Å². The van der Waals surface area contributed by atoms with E-state index in [2.05, 4.69) is 19.8 Å². The molecule has 3 rings (SSSR count). The van der Waals surface area contributed by atoms with Gasteiger partial charge in [-0.15, -0.1) is 0 Å². The van der Waals surface area contributed by atoms with Gasteiger partial charge in [-0.2, -0.15) is 13.2 Å². The second-order valence-corrected chi connectivity index (χ2v) is 5.57. The largest absolute Gasteiger partial charge is 0.417 e. The summed E-state index contributed by atoms with van der Waals surface area (Å²) in [5, 5.41) is 0.